The molecule has 1 fully saturated rings. The Bertz CT molecular complexity index is 1060. The largest absolute Gasteiger partial charge is 0.461 e. The van der Waals surface area contributed by atoms with E-state index in [-0.39, 0.29) is 13.1 Å². The van der Waals surface area contributed by atoms with Crippen LogP contribution in [0.5, 0.6) is 0 Å². The third-order valence-corrected chi connectivity index (χ3v) is 6.63. The second kappa shape index (κ2) is 7.46. The molecule has 3 heterocycles. The predicted molar refractivity (Wildman–Crippen MR) is 93.7 cm³/mol. The summed E-state index contributed by atoms with van der Waals surface area (Å²) in [5, 5.41) is 4.03. The maximum atomic E-state index is 13.9. The minimum absolute atomic E-state index is 0.234. The summed E-state index contributed by atoms with van der Waals surface area (Å²) >= 11 is 0. The zero-order valence-corrected chi connectivity index (χ0v) is 15.6. The van der Waals surface area contributed by atoms with Gasteiger partial charge < -0.3 is 13.8 Å². The molecule has 1 aliphatic rings. The Balaban J connectivity index is 1.39. The molecule has 1 aliphatic heterocycles. The van der Waals surface area contributed by atoms with Crippen molar-refractivity contribution in [1.29, 1.82) is 0 Å². The number of hydrogen-bond donors (Lipinski definition) is 1. The van der Waals surface area contributed by atoms with Crippen LogP contribution in [0.4, 0.5) is 8.78 Å². The van der Waals surface area contributed by atoms with Gasteiger partial charge in [0, 0.05) is 12.1 Å². The van der Waals surface area contributed by atoms with Gasteiger partial charge in [0.15, 0.2) is 5.76 Å². The highest BCUT2D eigenvalue weighted by Crippen LogP contribution is 2.21. The topological polar surface area (TPSA) is 81.0 Å². The molecule has 0 atom stereocenters. The molecule has 0 bridgehead atoms. The summed E-state index contributed by atoms with van der Waals surface area (Å²) in [6.45, 7) is 2.10. The molecule has 0 saturated carbocycles. The molecule has 3 aromatic rings. The molecule has 1 saturated heterocycles. The van der Waals surface area contributed by atoms with E-state index in [1.807, 2.05) is 0 Å². The van der Waals surface area contributed by atoms with E-state index in [2.05, 4.69) is 5.16 Å². The first-order chi connectivity index (χ1) is 13.4. The number of quaternary nitrogens is 1. The summed E-state index contributed by atoms with van der Waals surface area (Å²) < 4.78 is 64.0. The highest BCUT2D eigenvalue weighted by atomic mass is 32.2. The minimum atomic E-state index is -4.00. The van der Waals surface area contributed by atoms with E-state index < -0.39 is 26.6 Å². The van der Waals surface area contributed by atoms with E-state index in [1.54, 1.807) is 24.5 Å². The number of benzene rings is 1. The van der Waals surface area contributed by atoms with Gasteiger partial charge in [-0.15, -0.1) is 0 Å². The minimum Gasteiger partial charge on any atom is -0.461 e. The summed E-state index contributed by atoms with van der Waals surface area (Å²) in [5.41, 5.74) is 0.738. The standard InChI is InChI=1S/C18H17F2N3O4S/c19-13-3-4-18(15(20)10-13)28(24,25)23-7-5-22(6-8-23)12-14-11-17(27-21-14)16-2-1-9-26-16/h1-4,9-11H,5-8,12H2/p+1. The van der Waals surface area contributed by atoms with Crippen molar-refractivity contribution in [2.45, 2.75) is 11.4 Å². The van der Waals surface area contributed by atoms with Crippen molar-refractivity contribution in [2.75, 3.05) is 26.2 Å². The van der Waals surface area contributed by atoms with Gasteiger partial charge in [-0.3, -0.25) is 0 Å². The summed E-state index contributed by atoms with van der Waals surface area (Å²) in [6.07, 6.45) is 1.55. The van der Waals surface area contributed by atoms with Gasteiger partial charge in [-0.25, -0.2) is 17.2 Å². The Morgan fingerprint density at radius 1 is 1.11 bits per heavy atom. The van der Waals surface area contributed by atoms with Crippen molar-refractivity contribution >= 4 is 10.0 Å². The second-order valence-electron chi connectivity index (χ2n) is 6.57. The molecular weight excluding hydrogens is 392 g/mol. The monoisotopic (exact) mass is 410 g/mol. The van der Waals surface area contributed by atoms with Crippen LogP contribution in [0, 0.1) is 11.6 Å². The zero-order chi connectivity index (χ0) is 19.7. The maximum absolute atomic E-state index is 13.9. The predicted octanol–water partition coefficient (Wildman–Crippen LogP) is 1.30. The van der Waals surface area contributed by atoms with Gasteiger partial charge in [0.25, 0.3) is 0 Å². The molecular formula is C18H18F2N3O4S+. The number of nitrogens with zero attached hydrogens (tertiary/aromatic N) is 2. The van der Waals surface area contributed by atoms with Crippen molar-refractivity contribution in [3.63, 3.8) is 0 Å². The summed E-state index contributed by atoms with van der Waals surface area (Å²) in [6, 6.07) is 7.81. The molecule has 4 rings (SSSR count). The lowest BCUT2D eigenvalue weighted by atomic mass is 10.3. The number of piperazine rings is 1. The maximum Gasteiger partial charge on any atom is 0.246 e. The molecule has 0 amide bonds. The van der Waals surface area contributed by atoms with Crippen LogP contribution in [0.15, 0.2) is 56.5 Å². The molecule has 148 valence electrons. The number of hydrogen-bond acceptors (Lipinski definition) is 5. The first-order valence-corrected chi connectivity index (χ1v) is 10.2. The molecule has 0 spiro atoms. The smallest absolute Gasteiger partial charge is 0.246 e. The van der Waals surface area contributed by atoms with Gasteiger partial charge >= 0.3 is 0 Å². The number of halogens is 2. The van der Waals surface area contributed by atoms with Crippen molar-refractivity contribution < 1.29 is 31.0 Å². The molecule has 2 aromatic heterocycles. The van der Waals surface area contributed by atoms with Gasteiger partial charge in [-0.1, -0.05) is 5.16 Å². The lowest BCUT2D eigenvalue weighted by molar-refractivity contribution is -0.917. The Kier molecular flexibility index (Phi) is 5.00. The van der Waals surface area contributed by atoms with Crippen LogP contribution in [0.3, 0.4) is 0 Å². The summed E-state index contributed by atoms with van der Waals surface area (Å²) in [5.74, 6) is -0.770. The Hall–Kier alpha value is -2.56. The Morgan fingerprint density at radius 2 is 1.89 bits per heavy atom. The Morgan fingerprint density at radius 3 is 2.57 bits per heavy atom. The van der Waals surface area contributed by atoms with Gasteiger partial charge in [-0.2, -0.15) is 4.31 Å². The number of rotatable bonds is 5. The second-order valence-corrected chi connectivity index (χ2v) is 8.47. The van der Waals surface area contributed by atoms with E-state index in [1.165, 1.54) is 4.31 Å². The van der Waals surface area contributed by atoms with Gasteiger partial charge in [0.05, 0.1) is 32.4 Å². The molecule has 1 aromatic carbocycles. The molecule has 0 radical (unpaired) electrons. The van der Waals surface area contributed by atoms with Crippen LogP contribution in [0.1, 0.15) is 5.69 Å². The first-order valence-electron chi connectivity index (χ1n) is 8.72. The fourth-order valence-corrected chi connectivity index (χ4v) is 4.72. The highest BCUT2D eigenvalue weighted by molar-refractivity contribution is 7.89. The molecule has 7 nitrogen and oxygen atoms in total. The van der Waals surface area contributed by atoms with Crippen molar-refractivity contribution in [2.24, 2.45) is 0 Å². The van der Waals surface area contributed by atoms with Crippen LogP contribution in [0.25, 0.3) is 11.5 Å². The van der Waals surface area contributed by atoms with Crippen LogP contribution in [-0.4, -0.2) is 44.1 Å². The van der Waals surface area contributed by atoms with E-state index in [0.717, 1.165) is 22.7 Å². The SMILES string of the molecule is O=S(=O)(c1ccc(F)cc1F)N1CC[NH+](Cc2cc(-c3ccco3)on2)CC1. The highest BCUT2D eigenvalue weighted by Gasteiger charge is 2.32. The van der Waals surface area contributed by atoms with E-state index in [0.29, 0.717) is 37.2 Å². The quantitative estimate of drug-likeness (QED) is 0.686. The van der Waals surface area contributed by atoms with Crippen molar-refractivity contribution in [3.05, 3.63) is 60.0 Å². The van der Waals surface area contributed by atoms with E-state index in [4.69, 9.17) is 8.94 Å². The molecule has 1 N–H and O–H groups in total. The van der Waals surface area contributed by atoms with Crippen molar-refractivity contribution in [1.82, 2.24) is 9.46 Å². The number of aromatic nitrogens is 1. The lowest BCUT2D eigenvalue weighted by Gasteiger charge is -2.31. The average Bonchev–Trinajstić information content (AvgIpc) is 3.33. The number of furan rings is 1. The van der Waals surface area contributed by atoms with Crippen LogP contribution >= 0.6 is 0 Å². The number of sulfonamides is 1. The molecule has 0 aliphatic carbocycles. The third kappa shape index (κ3) is 3.71. The molecule has 10 heteroatoms. The summed E-state index contributed by atoms with van der Waals surface area (Å²) in [7, 11) is -4.00. The van der Waals surface area contributed by atoms with Crippen LogP contribution < -0.4 is 4.90 Å². The average molecular weight is 410 g/mol. The number of nitrogens with one attached hydrogen (secondary N) is 1. The fraction of sp³-hybridized carbons (Fsp3) is 0.278. The summed E-state index contributed by atoms with van der Waals surface area (Å²) in [4.78, 5) is 0.627. The third-order valence-electron chi connectivity index (χ3n) is 4.70. The molecule has 0 unspecified atom stereocenters. The normalized spacial score (nSPS) is 16.5. The van der Waals surface area contributed by atoms with E-state index >= 15 is 0 Å². The first kappa shape index (κ1) is 18.8. The Labute approximate surface area is 160 Å². The lowest BCUT2D eigenvalue weighted by Crippen LogP contribution is -3.13. The van der Waals surface area contributed by atoms with Gasteiger partial charge in [0.1, 0.15) is 28.8 Å². The van der Waals surface area contributed by atoms with Gasteiger partial charge in [-0.05, 0) is 24.3 Å². The van der Waals surface area contributed by atoms with E-state index in [9.17, 15) is 17.2 Å². The van der Waals surface area contributed by atoms with Gasteiger partial charge in [0.2, 0.25) is 15.8 Å². The zero-order valence-electron chi connectivity index (χ0n) is 14.8. The fourth-order valence-electron chi connectivity index (χ4n) is 3.23. The molecule has 28 heavy (non-hydrogen) atoms. The van der Waals surface area contributed by atoms with Crippen LogP contribution in [-0.2, 0) is 16.6 Å². The van der Waals surface area contributed by atoms with Crippen LogP contribution in [0.2, 0.25) is 0 Å². The van der Waals surface area contributed by atoms with Crippen molar-refractivity contribution in [3.8, 4) is 11.5 Å².